The number of anilines is 1. The van der Waals surface area contributed by atoms with Crippen molar-refractivity contribution in [2.75, 3.05) is 11.9 Å². The lowest BCUT2D eigenvalue weighted by Gasteiger charge is -2.18. The van der Waals surface area contributed by atoms with Crippen molar-refractivity contribution >= 4 is 69.3 Å². The van der Waals surface area contributed by atoms with E-state index in [1.54, 1.807) is 32.0 Å². The molecule has 0 saturated carbocycles. The van der Waals surface area contributed by atoms with Crippen molar-refractivity contribution in [3.63, 3.8) is 0 Å². The molecule has 0 bridgehead atoms. The Bertz CT molecular complexity index is 950. The first kappa shape index (κ1) is 21.8. The fourth-order valence-electron chi connectivity index (χ4n) is 2.56. The maximum atomic E-state index is 12.3. The summed E-state index contributed by atoms with van der Waals surface area (Å²) >= 11 is 14.9. The monoisotopic (exact) mass is 473 g/mol. The Morgan fingerprint density at radius 3 is 2.62 bits per heavy atom. The third-order valence-electron chi connectivity index (χ3n) is 4.41. The van der Waals surface area contributed by atoms with Gasteiger partial charge in [0.15, 0.2) is 4.34 Å². The van der Waals surface area contributed by atoms with Gasteiger partial charge in [-0.2, -0.15) is 0 Å². The van der Waals surface area contributed by atoms with Crippen LogP contribution < -0.4 is 10.6 Å². The molecule has 0 aliphatic carbocycles. The zero-order valence-corrected chi connectivity index (χ0v) is 18.6. The summed E-state index contributed by atoms with van der Waals surface area (Å²) in [6.45, 7) is 3.03. The number of carbonyl (C=O) groups excluding carboxylic acids is 3. The summed E-state index contributed by atoms with van der Waals surface area (Å²) in [7, 11) is 0. The topological polar surface area (TPSA) is 104 Å². The number of urea groups is 1. The SMILES string of the molecule is CC[C@@]1(C)NC(=O)N(CC(=O)Nc2nnc(SCc3c(Cl)cccc3Cl)s2)C1=O. The number of nitrogens with one attached hydrogen (secondary N) is 2. The highest BCUT2D eigenvalue weighted by molar-refractivity contribution is 8.00. The van der Waals surface area contributed by atoms with Gasteiger partial charge in [-0.05, 0) is 31.0 Å². The van der Waals surface area contributed by atoms with Crippen LogP contribution in [0.5, 0.6) is 0 Å². The lowest BCUT2D eigenvalue weighted by Crippen LogP contribution is -2.44. The van der Waals surface area contributed by atoms with Gasteiger partial charge in [0.2, 0.25) is 11.0 Å². The molecule has 8 nitrogen and oxygen atoms in total. The molecule has 29 heavy (non-hydrogen) atoms. The molecule has 1 aromatic heterocycles. The van der Waals surface area contributed by atoms with Crippen LogP contribution in [0.25, 0.3) is 0 Å². The molecule has 3 rings (SSSR count). The Labute approximate surface area is 185 Å². The molecular formula is C17H17Cl2N5O3S2. The van der Waals surface area contributed by atoms with Crippen molar-refractivity contribution in [1.82, 2.24) is 20.4 Å². The fourth-order valence-corrected chi connectivity index (χ4v) is 5.07. The van der Waals surface area contributed by atoms with Crippen LogP contribution in [0.2, 0.25) is 10.0 Å². The predicted molar refractivity (Wildman–Crippen MR) is 114 cm³/mol. The number of hydrogen-bond donors (Lipinski definition) is 2. The quantitative estimate of drug-likeness (QED) is 0.360. The van der Waals surface area contributed by atoms with Crippen molar-refractivity contribution in [1.29, 1.82) is 0 Å². The zero-order chi connectivity index (χ0) is 21.2. The number of thioether (sulfide) groups is 1. The number of amides is 4. The average molecular weight is 474 g/mol. The van der Waals surface area contributed by atoms with Gasteiger partial charge >= 0.3 is 6.03 Å². The molecule has 1 fully saturated rings. The molecule has 12 heteroatoms. The van der Waals surface area contributed by atoms with E-state index in [-0.39, 0.29) is 5.13 Å². The molecule has 4 amide bonds. The highest BCUT2D eigenvalue weighted by atomic mass is 35.5. The minimum absolute atomic E-state index is 0.271. The molecular weight excluding hydrogens is 457 g/mol. The van der Waals surface area contributed by atoms with E-state index in [0.717, 1.165) is 10.5 Å². The second-order valence-corrected chi connectivity index (χ2v) is 9.43. The van der Waals surface area contributed by atoms with E-state index in [4.69, 9.17) is 23.2 Å². The zero-order valence-electron chi connectivity index (χ0n) is 15.5. The summed E-state index contributed by atoms with van der Waals surface area (Å²) in [6, 6.07) is 4.70. The summed E-state index contributed by atoms with van der Waals surface area (Å²) in [5.74, 6) is -0.458. The third-order valence-corrected chi connectivity index (χ3v) is 7.12. The van der Waals surface area contributed by atoms with Crippen molar-refractivity contribution in [2.45, 2.75) is 35.9 Å². The second-order valence-electron chi connectivity index (χ2n) is 6.42. The maximum absolute atomic E-state index is 12.3. The predicted octanol–water partition coefficient (Wildman–Crippen LogP) is 3.80. The molecule has 1 aliphatic rings. The minimum Gasteiger partial charge on any atom is -0.323 e. The van der Waals surface area contributed by atoms with Crippen LogP contribution >= 0.6 is 46.3 Å². The van der Waals surface area contributed by atoms with Crippen molar-refractivity contribution in [3.8, 4) is 0 Å². The Morgan fingerprint density at radius 1 is 1.31 bits per heavy atom. The van der Waals surface area contributed by atoms with Crippen LogP contribution in [0.3, 0.4) is 0 Å². The molecule has 1 aliphatic heterocycles. The smallest absolute Gasteiger partial charge is 0.323 e. The van der Waals surface area contributed by atoms with Gasteiger partial charge < -0.3 is 5.32 Å². The van der Waals surface area contributed by atoms with Crippen molar-refractivity contribution in [3.05, 3.63) is 33.8 Å². The van der Waals surface area contributed by atoms with Crippen LogP contribution in [-0.4, -0.2) is 45.0 Å². The maximum Gasteiger partial charge on any atom is 0.325 e. The van der Waals surface area contributed by atoms with Gasteiger partial charge in [-0.15, -0.1) is 10.2 Å². The Balaban J connectivity index is 1.57. The Kier molecular flexibility index (Phi) is 6.67. The van der Waals surface area contributed by atoms with Gasteiger partial charge in [0.25, 0.3) is 5.91 Å². The van der Waals surface area contributed by atoms with Gasteiger partial charge in [-0.25, -0.2) is 4.79 Å². The van der Waals surface area contributed by atoms with Gasteiger partial charge in [0.1, 0.15) is 12.1 Å². The van der Waals surface area contributed by atoms with Gasteiger partial charge in [0, 0.05) is 15.8 Å². The van der Waals surface area contributed by atoms with Crippen molar-refractivity contribution in [2.24, 2.45) is 0 Å². The van der Waals surface area contributed by atoms with E-state index < -0.39 is 29.9 Å². The summed E-state index contributed by atoms with van der Waals surface area (Å²) < 4.78 is 0.616. The molecule has 0 spiro atoms. The molecule has 1 saturated heterocycles. The molecule has 0 unspecified atom stereocenters. The van der Waals surface area contributed by atoms with E-state index in [1.807, 2.05) is 0 Å². The van der Waals surface area contributed by atoms with E-state index in [2.05, 4.69) is 20.8 Å². The summed E-state index contributed by atoms with van der Waals surface area (Å²) in [4.78, 5) is 37.5. The summed E-state index contributed by atoms with van der Waals surface area (Å²) in [5.41, 5.74) is -0.191. The standard InChI is InChI=1S/C17H17Cl2N5O3S2/c1-3-17(2)13(26)24(15(27)21-17)7-12(25)20-14-22-23-16(29-14)28-8-9-10(18)5-4-6-11(9)19/h4-6H,3,7-8H2,1-2H3,(H,21,27)(H,20,22,25)/t17-/m1/s1. The number of aromatic nitrogens is 2. The first-order chi connectivity index (χ1) is 13.7. The van der Waals surface area contributed by atoms with Gasteiger partial charge in [-0.3, -0.25) is 19.8 Å². The molecule has 2 heterocycles. The molecule has 1 aromatic carbocycles. The van der Waals surface area contributed by atoms with E-state index in [1.165, 1.54) is 23.1 Å². The second kappa shape index (κ2) is 8.86. The van der Waals surface area contributed by atoms with Crippen LogP contribution in [0, 0.1) is 0 Å². The molecule has 2 aromatic rings. The molecule has 1 atom stereocenters. The number of nitrogens with zero attached hydrogens (tertiary/aromatic N) is 3. The van der Waals surface area contributed by atoms with E-state index >= 15 is 0 Å². The first-order valence-electron chi connectivity index (χ1n) is 8.56. The lowest BCUT2D eigenvalue weighted by molar-refractivity contribution is -0.133. The first-order valence-corrected chi connectivity index (χ1v) is 11.1. The highest BCUT2D eigenvalue weighted by Crippen LogP contribution is 2.33. The van der Waals surface area contributed by atoms with Gasteiger partial charge in [-0.1, -0.05) is 59.3 Å². The number of benzene rings is 1. The summed E-state index contributed by atoms with van der Waals surface area (Å²) in [5, 5.41) is 14.5. The number of imide groups is 1. The number of halogens is 2. The normalized spacial score (nSPS) is 18.8. The van der Waals surface area contributed by atoms with Crippen LogP contribution in [0.1, 0.15) is 25.8 Å². The fraction of sp³-hybridized carbons (Fsp3) is 0.353. The van der Waals surface area contributed by atoms with Crippen LogP contribution in [-0.2, 0) is 15.3 Å². The van der Waals surface area contributed by atoms with Crippen molar-refractivity contribution < 1.29 is 14.4 Å². The highest BCUT2D eigenvalue weighted by Gasteiger charge is 2.47. The largest absolute Gasteiger partial charge is 0.325 e. The average Bonchev–Trinajstić information content (AvgIpc) is 3.19. The number of rotatable bonds is 7. The summed E-state index contributed by atoms with van der Waals surface area (Å²) in [6.07, 6.45) is 0.433. The van der Waals surface area contributed by atoms with Gasteiger partial charge in [0.05, 0.1) is 0 Å². The Hall–Kier alpha value is -1.88. The van der Waals surface area contributed by atoms with E-state index in [9.17, 15) is 14.4 Å². The molecule has 154 valence electrons. The minimum atomic E-state index is -0.982. The Morgan fingerprint density at radius 2 is 2.00 bits per heavy atom. The molecule has 2 N–H and O–H groups in total. The van der Waals surface area contributed by atoms with Crippen LogP contribution in [0.15, 0.2) is 22.5 Å². The lowest BCUT2D eigenvalue weighted by atomic mass is 9.99. The van der Waals surface area contributed by atoms with Crippen LogP contribution in [0.4, 0.5) is 9.93 Å². The molecule has 0 radical (unpaired) electrons. The van der Waals surface area contributed by atoms with E-state index in [0.29, 0.717) is 26.6 Å². The number of hydrogen-bond acceptors (Lipinski definition) is 7. The number of carbonyl (C=O) groups is 3. The third kappa shape index (κ3) is 4.82.